The van der Waals surface area contributed by atoms with E-state index in [4.69, 9.17) is 11.6 Å². The Balaban J connectivity index is 2.17. The van der Waals surface area contributed by atoms with Gasteiger partial charge in [0.1, 0.15) is 5.15 Å². The van der Waals surface area contributed by atoms with E-state index in [2.05, 4.69) is 29.1 Å². The van der Waals surface area contributed by atoms with Crippen LogP contribution in [-0.2, 0) is 20.1 Å². The fraction of sp³-hybridized carbons (Fsp3) is 0.471. The zero-order valence-corrected chi connectivity index (χ0v) is 14.2. The van der Waals surface area contributed by atoms with E-state index in [-0.39, 0.29) is 12.5 Å². The van der Waals surface area contributed by atoms with Gasteiger partial charge in [-0.25, -0.2) is 0 Å². The third kappa shape index (κ3) is 4.32. The van der Waals surface area contributed by atoms with Crippen molar-refractivity contribution in [1.82, 2.24) is 14.7 Å². The van der Waals surface area contributed by atoms with Gasteiger partial charge >= 0.3 is 0 Å². The molecule has 0 amide bonds. The summed E-state index contributed by atoms with van der Waals surface area (Å²) in [6.07, 6.45) is 0. The monoisotopic (exact) mass is 321 g/mol. The minimum Gasteiger partial charge on any atom is -0.396 e. The van der Waals surface area contributed by atoms with Crippen molar-refractivity contribution in [3.05, 3.63) is 52.3 Å². The Morgan fingerprint density at radius 2 is 1.95 bits per heavy atom. The van der Waals surface area contributed by atoms with Gasteiger partial charge in [-0.1, -0.05) is 48.9 Å². The summed E-state index contributed by atoms with van der Waals surface area (Å²) in [6.45, 7) is 6.60. The van der Waals surface area contributed by atoms with Gasteiger partial charge in [0.05, 0.1) is 5.69 Å². The molecule has 22 heavy (non-hydrogen) atoms. The number of rotatable bonds is 7. The number of hydrogen-bond acceptors (Lipinski definition) is 3. The van der Waals surface area contributed by atoms with Crippen LogP contribution >= 0.6 is 11.6 Å². The molecule has 4 nitrogen and oxygen atoms in total. The molecule has 0 aliphatic carbocycles. The van der Waals surface area contributed by atoms with E-state index in [0.29, 0.717) is 5.15 Å². The van der Waals surface area contributed by atoms with Gasteiger partial charge < -0.3 is 5.11 Å². The molecule has 0 saturated heterocycles. The van der Waals surface area contributed by atoms with Crippen molar-refractivity contribution in [2.45, 2.75) is 26.9 Å². The molecule has 120 valence electrons. The lowest BCUT2D eigenvalue weighted by atomic mass is 10.1. The molecule has 0 bridgehead atoms. The van der Waals surface area contributed by atoms with Crippen LogP contribution in [0.3, 0.4) is 0 Å². The highest BCUT2D eigenvalue weighted by Crippen LogP contribution is 2.22. The predicted molar refractivity (Wildman–Crippen MR) is 89.8 cm³/mol. The Labute approximate surface area is 137 Å². The quantitative estimate of drug-likeness (QED) is 0.852. The molecule has 2 aromatic rings. The smallest absolute Gasteiger partial charge is 0.131 e. The van der Waals surface area contributed by atoms with Crippen LogP contribution in [0.4, 0.5) is 0 Å². The molecule has 1 aromatic carbocycles. The topological polar surface area (TPSA) is 41.3 Å². The summed E-state index contributed by atoms with van der Waals surface area (Å²) in [5.74, 6) is 0.222. The van der Waals surface area contributed by atoms with E-state index >= 15 is 0 Å². The van der Waals surface area contributed by atoms with Crippen molar-refractivity contribution in [2.75, 3.05) is 13.2 Å². The molecule has 0 aliphatic rings. The molecule has 0 radical (unpaired) electrons. The molecule has 2 rings (SSSR count). The second-order valence-corrected chi connectivity index (χ2v) is 6.28. The molecule has 1 atom stereocenters. The standard InChI is InChI=1S/C17H24ClN3O/c1-13(12-22)9-21(10-15-7-5-4-6-8-15)11-16-14(2)19-20(3)17(16)18/h4-8,13,22H,9-12H2,1-3H3/t13-/m0/s1. The zero-order chi connectivity index (χ0) is 16.1. The largest absolute Gasteiger partial charge is 0.396 e. The Morgan fingerprint density at radius 1 is 1.27 bits per heavy atom. The maximum absolute atomic E-state index is 9.36. The average molecular weight is 322 g/mol. The van der Waals surface area contributed by atoms with E-state index in [0.717, 1.165) is 30.9 Å². The van der Waals surface area contributed by atoms with E-state index in [1.807, 2.05) is 32.2 Å². The Kier molecular flexibility index (Phi) is 6.00. The van der Waals surface area contributed by atoms with Gasteiger partial charge in [-0.05, 0) is 18.4 Å². The highest BCUT2D eigenvalue weighted by atomic mass is 35.5. The van der Waals surface area contributed by atoms with Crippen LogP contribution in [0.5, 0.6) is 0 Å². The van der Waals surface area contributed by atoms with Crippen LogP contribution < -0.4 is 0 Å². The summed E-state index contributed by atoms with van der Waals surface area (Å²) < 4.78 is 1.71. The third-order valence-electron chi connectivity index (χ3n) is 3.78. The minimum atomic E-state index is 0.186. The van der Waals surface area contributed by atoms with E-state index in [9.17, 15) is 5.11 Å². The van der Waals surface area contributed by atoms with Crippen molar-refractivity contribution in [3.8, 4) is 0 Å². The van der Waals surface area contributed by atoms with Crippen molar-refractivity contribution in [2.24, 2.45) is 13.0 Å². The summed E-state index contributed by atoms with van der Waals surface area (Å²) in [5.41, 5.74) is 3.28. The van der Waals surface area contributed by atoms with E-state index in [1.54, 1.807) is 4.68 Å². The Morgan fingerprint density at radius 3 is 2.50 bits per heavy atom. The number of hydrogen-bond donors (Lipinski definition) is 1. The summed E-state index contributed by atoms with van der Waals surface area (Å²) in [7, 11) is 1.86. The van der Waals surface area contributed by atoms with Gasteiger partial charge in [0.15, 0.2) is 0 Å². The highest BCUT2D eigenvalue weighted by Gasteiger charge is 2.17. The van der Waals surface area contributed by atoms with Gasteiger partial charge in [-0.3, -0.25) is 9.58 Å². The van der Waals surface area contributed by atoms with Gasteiger partial charge in [-0.15, -0.1) is 0 Å². The van der Waals surface area contributed by atoms with E-state index in [1.165, 1.54) is 5.56 Å². The molecule has 0 fully saturated rings. The average Bonchev–Trinajstić information content (AvgIpc) is 2.74. The fourth-order valence-corrected chi connectivity index (χ4v) is 2.84. The number of aromatic nitrogens is 2. The third-order valence-corrected chi connectivity index (χ3v) is 4.25. The minimum absolute atomic E-state index is 0.186. The van der Waals surface area contributed by atoms with Crippen molar-refractivity contribution in [3.63, 3.8) is 0 Å². The lowest BCUT2D eigenvalue weighted by molar-refractivity contribution is 0.163. The van der Waals surface area contributed by atoms with Crippen molar-refractivity contribution >= 4 is 11.6 Å². The molecular formula is C17H24ClN3O. The molecule has 0 aliphatic heterocycles. The van der Waals surface area contributed by atoms with Gasteiger partial charge in [-0.2, -0.15) is 5.10 Å². The molecule has 1 N–H and O–H groups in total. The first-order chi connectivity index (χ1) is 10.5. The molecule has 0 unspecified atom stereocenters. The highest BCUT2D eigenvalue weighted by molar-refractivity contribution is 6.30. The predicted octanol–water partition coefficient (Wildman–Crippen LogP) is 3.01. The molecule has 1 aromatic heterocycles. The summed E-state index contributed by atoms with van der Waals surface area (Å²) in [5, 5.41) is 14.4. The molecule has 0 spiro atoms. The Hall–Kier alpha value is -1.36. The lowest BCUT2D eigenvalue weighted by Gasteiger charge is -2.25. The lowest BCUT2D eigenvalue weighted by Crippen LogP contribution is -2.29. The van der Waals surface area contributed by atoms with Crippen LogP contribution in [0.25, 0.3) is 0 Å². The number of nitrogens with zero attached hydrogens (tertiary/aromatic N) is 3. The number of aliphatic hydroxyl groups excluding tert-OH is 1. The second kappa shape index (κ2) is 7.77. The van der Waals surface area contributed by atoms with Crippen LogP contribution in [0.15, 0.2) is 30.3 Å². The maximum Gasteiger partial charge on any atom is 0.131 e. The fourth-order valence-electron chi connectivity index (χ4n) is 2.60. The second-order valence-electron chi connectivity index (χ2n) is 5.92. The van der Waals surface area contributed by atoms with Gasteiger partial charge in [0, 0.05) is 38.9 Å². The summed E-state index contributed by atoms with van der Waals surface area (Å²) in [6, 6.07) is 10.4. The first kappa shape index (κ1) is 17.0. The SMILES string of the molecule is Cc1nn(C)c(Cl)c1CN(Cc1ccccc1)C[C@H](C)CO. The number of benzene rings is 1. The molecule has 1 heterocycles. The zero-order valence-electron chi connectivity index (χ0n) is 13.5. The molecule has 5 heteroatoms. The molecular weight excluding hydrogens is 298 g/mol. The van der Waals surface area contributed by atoms with Crippen LogP contribution in [0, 0.1) is 12.8 Å². The van der Waals surface area contributed by atoms with E-state index < -0.39 is 0 Å². The normalized spacial score (nSPS) is 12.8. The Bertz CT molecular complexity index is 597. The van der Waals surface area contributed by atoms with Crippen molar-refractivity contribution in [1.29, 1.82) is 0 Å². The van der Waals surface area contributed by atoms with Gasteiger partial charge in [0.2, 0.25) is 0 Å². The van der Waals surface area contributed by atoms with Crippen molar-refractivity contribution < 1.29 is 5.11 Å². The van der Waals surface area contributed by atoms with Crippen LogP contribution in [0.1, 0.15) is 23.7 Å². The maximum atomic E-state index is 9.36. The van der Waals surface area contributed by atoms with Crippen LogP contribution in [0.2, 0.25) is 5.15 Å². The van der Waals surface area contributed by atoms with Crippen LogP contribution in [-0.4, -0.2) is 32.9 Å². The first-order valence-electron chi connectivity index (χ1n) is 7.56. The van der Waals surface area contributed by atoms with Gasteiger partial charge in [0.25, 0.3) is 0 Å². The number of halogens is 1. The summed E-state index contributed by atoms with van der Waals surface area (Å²) in [4.78, 5) is 2.31. The number of aliphatic hydroxyl groups is 1. The summed E-state index contributed by atoms with van der Waals surface area (Å²) >= 11 is 6.36. The first-order valence-corrected chi connectivity index (χ1v) is 7.94. The molecule has 0 saturated carbocycles. The number of aryl methyl sites for hydroxylation is 2.